The fourth-order valence-electron chi connectivity index (χ4n) is 4.39. The minimum absolute atomic E-state index is 0.0178. The average Bonchev–Trinajstić information content (AvgIpc) is 3.16. The van der Waals surface area contributed by atoms with Crippen LogP contribution in [-0.2, 0) is 0 Å². The minimum Gasteiger partial charge on any atom is -0.507 e. The number of aldehydes is 1. The van der Waals surface area contributed by atoms with Gasteiger partial charge in [0.15, 0.2) is 17.9 Å². The maximum Gasteiger partial charge on any atom is 0.197 e. The van der Waals surface area contributed by atoms with E-state index in [4.69, 9.17) is 0 Å². The molecule has 0 spiro atoms. The number of ketones is 2. The summed E-state index contributed by atoms with van der Waals surface area (Å²) in [6.45, 7) is 0. The first kappa shape index (κ1) is 23.6. The van der Waals surface area contributed by atoms with Gasteiger partial charge in [-0.25, -0.2) is 0 Å². The number of Topliss-reactive ketones (excluding diaryl/α,β-unsaturated/α-hetero) is 1. The van der Waals surface area contributed by atoms with Crippen LogP contribution in [0.4, 0.5) is 0 Å². The molecular weight excluding hydrogens is 460 g/mol. The molecule has 178 valence electrons. The predicted molar refractivity (Wildman–Crippen MR) is 148 cm³/mol. The summed E-state index contributed by atoms with van der Waals surface area (Å²) in [4.78, 5) is 36.9. The second-order valence-corrected chi connectivity index (χ2v) is 8.59. The molecular formula is C33H22O4. The van der Waals surface area contributed by atoms with Crippen molar-refractivity contribution in [3.05, 3.63) is 149 Å². The third kappa shape index (κ3) is 4.73. The van der Waals surface area contributed by atoms with Crippen LogP contribution >= 0.6 is 0 Å². The second kappa shape index (κ2) is 10.3. The van der Waals surface area contributed by atoms with Crippen molar-refractivity contribution >= 4 is 45.2 Å². The molecule has 5 rings (SSSR count). The Hall–Kier alpha value is -5.09. The van der Waals surface area contributed by atoms with Gasteiger partial charge >= 0.3 is 0 Å². The lowest BCUT2D eigenvalue weighted by atomic mass is 9.98. The lowest BCUT2D eigenvalue weighted by Crippen LogP contribution is -2.00. The van der Waals surface area contributed by atoms with Gasteiger partial charge in [-0.1, -0.05) is 85.0 Å². The molecule has 0 saturated heterocycles. The number of rotatable bonds is 7. The minimum atomic E-state index is -0.254. The molecule has 1 aliphatic rings. The zero-order chi connectivity index (χ0) is 25.8. The average molecular weight is 483 g/mol. The summed E-state index contributed by atoms with van der Waals surface area (Å²) < 4.78 is 0. The van der Waals surface area contributed by atoms with Gasteiger partial charge in [0.1, 0.15) is 5.76 Å². The van der Waals surface area contributed by atoms with Crippen molar-refractivity contribution in [1.82, 2.24) is 0 Å². The lowest BCUT2D eigenvalue weighted by molar-refractivity contribution is 0.103. The van der Waals surface area contributed by atoms with E-state index in [9.17, 15) is 19.5 Å². The van der Waals surface area contributed by atoms with E-state index >= 15 is 0 Å². The number of fused-ring (bicyclic) bond motifs is 3. The molecule has 4 aromatic rings. The molecule has 37 heavy (non-hydrogen) atoms. The smallest absolute Gasteiger partial charge is 0.197 e. The second-order valence-electron chi connectivity index (χ2n) is 8.59. The number of hydrogen-bond donors (Lipinski definition) is 1. The van der Waals surface area contributed by atoms with E-state index in [1.807, 2.05) is 60.7 Å². The van der Waals surface area contributed by atoms with E-state index in [-0.39, 0.29) is 22.9 Å². The summed E-state index contributed by atoms with van der Waals surface area (Å²) in [6.07, 6.45) is 13.9. The molecule has 0 unspecified atom stereocenters. The molecule has 0 amide bonds. The fourth-order valence-corrected chi connectivity index (χ4v) is 4.39. The van der Waals surface area contributed by atoms with Crippen LogP contribution in [-0.4, -0.2) is 23.0 Å². The highest BCUT2D eigenvalue weighted by molar-refractivity contribution is 6.22. The molecule has 0 aliphatic heterocycles. The van der Waals surface area contributed by atoms with Crippen molar-refractivity contribution < 1.29 is 19.5 Å². The lowest BCUT2D eigenvalue weighted by Gasteiger charge is -2.04. The van der Waals surface area contributed by atoms with E-state index in [1.54, 1.807) is 54.7 Å². The Morgan fingerprint density at radius 3 is 1.86 bits per heavy atom. The van der Waals surface area contributed by atoms with E-state index < -0.39 is 0 Å². The molecule has 4 heteroatoms. The van der Waals surface area contributed by atoms with Crippen LogP contribution in [0.5, 0.6) is 0 Å². The first-order chi connectivity index (χ1) is 18.1. The van der Waals surface area contributed by atoms with Gasteiger partial charge < -0.3 is 5.11 Å². The Kier molecular flexibility index (Phi) is 6.56. The van der Waals surface area contributed by atoms with Crippen LogP contribution in [0.3, 0.4) is 0 Å². The largest absolute Gasteiger partial charge is 0.507 e. The predicted octanol–water partition coefficient (Wildman–Crippen LogP) is 7.38. The van der Waals surface area contributed by atoms with Gasteiger partial charge in [0.2, 0.25) is 0 Å². The number of hydrogen-bond acceptors (Lipinski definition) is 4. The highest BCUT2D eigenvalue weighted by atomic mass is 16.3. The topological polar surface area (TPSA) is 71.4 Å². The Morgan fingerprint density at radius 1 is 0.676 bits per heavy atom. The summed E-state index contributed by atoms with van der Waals surface area (Å²) >= 11 is 0. The van der Waals surface area contributed by atoms with Crippen LogP contribution in [0.2, 0.25) is 0 Å². The van der Waals surface area contributed by atoms with Crippen LogP contribution in [0.1, 0.15) is 36.6 Å². The van der Waals surface area contributed by atoms with E-state index in [0.717, 1.165) is 21.5 Å². The Bertz CT molecular complexity index is 1730. The van der Waals surface area contributed by atoms with Gasteiger partial charge in [-0.3, -0.25) is 14.4 Å². The van der Waals surface area contributed by atoms with Gasteiger partial charge in [-0.05, 0) is 58.0 Å². The van der Waals surface area contributed by atoms with Gasteiger partial charge in [0.25, 0.3) is 0 Å². The summed E-state index contributed by atoms with van der Waals surface area (Å²) in [7, 11) is 0. The van der Waals surface area contributed by atoms with Crippen LogP contribution < -0.4 is 0 Å². The Labute approximate surface area is 213 Å². The summed E-state index contributed by atoms with van der Waals surface area (Å²) in [5.41, 5.74) is 2.02. The zero-order valence-electron chi connectivity index (χ0n) is 19.8. The van der Waals surface area contributed by atoms with Gasteiger partial charge in [-0.2, -0.15) is 0 Å². The number of allylic oxidation sites excluding steroid dienone is 9. The molecule has 4 nitrogen and oxygen atoms in total. The number of aliphatic hydroxyl groups is 1. The molecule has 1 N–H and O–H groups in total. The zero-order valence-corrected chi connectivity index (χ0v) is 19.8. The molecule has 0 saturated carbocycles. The quantitative estimate of drug-likeness (QED) is 0.129. The van der Waals surface area contributed by atoms with E-state index in [0.29, 0.717) is 28.5 Å². The van der Waals surface area contributed by atoms with Gasteiger partial charge in [0.05, 0.1) is 5.57 Å². The van der Waals surface area contributed by atoms with Gasteiger partial charge in [0, 0.05) is 22.3 Å². The van der Waals surface area contributed by atoms with Crippen molar-refractivity contribution in [2.75, 3.05) is 0 Å². The first-order valence-electron chi connectivity index (χ1n) is 11.8. The van der Waals surface area contributed by atoms with Crippen LogP contribution in [0, 0.1) is 0 Å². The molecule has 0 radical (unpaired) electrons. The molecule has 4 aromatic carbocycles. The van der Waals surface area contributed by atoms with Crippen molar-refractivity contribution in [3.8, 4) is 0 Å². The molecule has 0 fully saturated rings. The summed E-state index contributed by atoms with van der Waals surface area (Å²) in [6, 6.07) is 22.4. The molecule has 0 aromatic heterocycles. The maximum atomic E-state index is 12.8. The highest BCUT2D eigenvalue weighted by Gasteiger charge is 2.28. The summed E-state index contributed by atoms with van der Waals surface area (Å²) in [5, 5.41) is 14.3. The molecule has 0 heterocycles. The Morgan fingerprint density at radius 2 is 1.22 bits per heavy atom. The monoisotopic (exact) mass is 482 g/mol. The van der Waals surface area contributed by atoms with Crippen molar-refractivity contribution in [2.45, 2.75) is 0 Å². The highest BCUT2D eigenvalue weighted by Crippen LogP contribution is 2.34. The molecule has 0 atom stereocenters. The van der Waals surface area contributed by atoms with Crippen LogP contribution in [0.25, 0.3) is 27.3 Å². The fraction of sp³-hybridized carbons (Fsp3) is 0. The summed E-state index contributed by atoms with van der Waals surface area (Å²) in [5.74, 6) is -0.477. The van der Waals surface area contributed by atoms with Crippen molar-refractivity contribution in [2.24, 2.45) is 0 Å². The standard InChI is InChI=1S/C33H22O4/c34-21-26-17-22-11-7-8-12-23(22)18-28(26)31(35)16-6-4-2-1-3-5-15-27-32(36)29-19-24-13-9-10-14-25(24)20-30(29)33(27)37/h1-21,36H/b3-1+,4-2+,15-5+,16-6-. The van der Waals surface area contributed by atoms with E-state index in [1.165, 1.54) is 6.08 Å². The SMILES string of the molecule is O=Cc1cc2ccccc2cc1C(=O)\C=C/C=C/C=C/C=C/C1=C(O)c2cc3ccccc3cc2C1=O. The van der Waals surface area contributed by atoms with Crippen molar-refractivity contribution in [3.63, 3.8) is 0 Å². The Balaban J connectivity index is 1.23. The number of benzene rings is 4. The molecule has 1 aliphatic carbocycles. The third-order valence-corrected chi connectivity index (χ3v) is 6.26. The molecule has 0 bridgehead atoms. The van der Waals surface area contributed by atoms with Gasteiger partial charge in [-0.15, -0.1) is 0 Å². The van der Waals surface area contributed by atoms with E-state index in [2.05, 4.69) is 0 Å². The third-order valence-electron chi connectivity index (χ3n) is 6.26. The number of carbonyl (C=O) groups is 3. The number of carbonyl (C=O) groups excluding carboxylic acids is 3. The van der Waals surface area contributed by atoms with Crippen LogP contribution in [0.15, 0.2) is 127 Å². The first-order valence-corrected chi connectivity index (χ1v) is 11.8. The normalized spacial score (nSPS) is 13.8. The maximum absolute atomic E-state index is 12.8. The van der Waals surface area contributed by atoms with Crippen molar-refractivity contribution in [1.29, 1.82) is 0 Å². The number of aliphatic hydroxyl groups excluding tert-OH is 1.